The van der Waals surface area contributed by atoms with Crippen LogP contribution < -0.4 is 5.32 Å². The summed E-state index contributed by atoms with van der Waals surface area (Å²) in [7, 11) is 0. The Balaban J connectivity index is 1.85. The second kappa shape index (κ2) is 6.06. The van der Waals surface area contributed by atoms with E-state index in [9.17, 15) is 5.11 Å². The maximum atomic E-state index is 9.66. The van der Waals surface area contributed by atoms with Gasteiger partial charge in [0.15, 0.2) is 0 Å². The summed E-state index contributed by atoms with van der Waals surface area (Å²) < 4.78 is 0. The second-order valence-corrected chi connectivity index (χ2v) is 6.57. The SMILES string of the molecule is CCC(O)CNC(C)(C)CC1Cc2ccccc2C1. The van der Waals surface area contributed by atoms with Crippen LogP contribution in [0, 0.1) is 5.92 Å². The van der Waals surface area contributed by atoms with E-state index in [0.717, 1.165) is 18.8 Å². The Morgan fingerprint density at radius 1 is 1.26 bits per heavy atom. The van der Waals surface area contributed by atoms with Gasteiger partial charge in [-0.3, -0.25) is 0 Å². The number of benzene rings is 1. The lowest BCUT2D eigenvalue weighted by Crippen LogP contribution is -2.44. The Kier molecular flexibility index (Phi) is 4.64. The highest BCUT2D eigenvalue weighted by atomic mass is 16.3. The van der Waals surface area contributed by atoms with Crippen LogP contribution in [0.3, 0.4) is 0 Å². The molecule has 1 aliphatic rings. The van der Waals surface area contributed by atoms with E-state index >= 15 is 0 Å². The molecule has 2 nitrogen and oxygen atoms in total. The van der Waals surface area contributed by atoms with E-state index in [-0.39, 0.29) is 11.6 Å². The minimum atomic E-state index is -0.222. The fourth-order valence-corrected chi connectivity index (χ4v) is 3.13. The summed E-state index contributed by atoms with van der Waals surface area (Å²) in [5.41, 5.74) is 3.15. The molecule has 2 rings (SSSR count). The van der Waals surface area contributed by atoms with E-state index in [4.69, 9.17) is 0 Å². The Morgan fingerprint density at radius 3 is 2.37 bits per heavy atom. The first-order chi connectivity index (χ1) is 9.00. The number of hydrogen-bond donors (Lipinski definition) is 2. The maximum Gasteiger partial charge on any atom is 0.0662 e. The molecule has 0 heterocycles. The van der Waals surface area contributed by atoms with E-state index in [1.165, 1.54) is 24.0 Å². The molecule has 0 saturated heterocycles. The lowest BCUT2D eigenvalue weighted by Gasteiger charge is -2.30. The summed E-state index contributed by atoms with van der Waals surface area (Å²) in [5, 5.41) is 13.2. The van der Waals surface area contributed by atoms with Crippen molar-refractivity contribution in [2.75, 3.05) is 6.54 Å². The van der Waals surface area contributed by atoms with Gasteiger partial charge in [0, 0.05) is 12.1 Å². The van der Waals surface area contributed by atoms with Gasteiger partial charge < -0.3 is 10.4 Å². The van der Waals surface area contributed by atoms with Gasteiger partial charge in [-0.1, -0.05) is 31.2 Å². The molecule has 2 N–H and O–H groups in total. The first-order valence-corrected chi connectivity index (χ1v) is 7.50. The fourth-order valence-electron chi connectivity index (χ4n) is 3.13. The minimum absolute atomic E-state index is 0.100. The Labute approximate surface area is 117 Å². The zero-order valence-corrected chi connectivity index (χ0v) is 12.4. The topological polar surface area (TPSA) is 32.3 Å². The van der Waals surface area contributed by atoms with Crippen molar-refractivity contribution >= 4 is 0 Å². The second-order valence-electron chi connectivity index (χ2n) is 6.57. The van der Waals surface area contributed by atoms with Crippen LogP contribution in [-0.2, 0) is 12.8 Å². The highest BCUT2D eigenvalue weighted by Crippen LogP contribution is 2.31. The molecule has 1 atom stereocenters. The number of fused-ring (bicyclic) bond motifs is 1. The smallest absolute Gasteiger partial charge is 0.0662 e. The fraction of sp³-hybridized carbons (Fsp3) is 0.647. The number of aliphatic hydroxyl groups excluding tert-OH is 1. The molecule has 1 aromatic rings. The molecule has 1 unspecified atom stereocenters. The van der Waals surface area contributed by atoms with Gasteiger partial charge >= 0.3 is 0 Å². The molecule has 19 heavy (non-hydrogen) atoms. The Hall–Kier alpha value is -0.860. The van der Waals surface area contributed by atoms with Crippen LogP contribution >= 0.6 is 0 Å². The predicted molar refractivity (Wildman–Crippen MR) is 80.3 cm³/mol. The molecule has 2 heteroatoms. The van der Waals surface area contributed by atoms with Crippen molar-refractivity contribution in [3.05, 3.63) is 35.4 Å². The molecule has 0 spiro atoms. The van der Waals surface area contributed by atoms with Gasteiger partial charge in [0.2, 0.25) is 0 Å². The Bertz CT molecular complexity index is 388. The predicted octanol–water partition coefficient (Wildman–Crippen LogP) is 2.93. The summed E-state index contributed by atoms with van der Waals surface area (Å²) in [6.07, 6.45) is 4.17. The van der Waals surface area contributed by atoms with Crippen LogP contribution in [0.25, 0.3) is 0 Å². The van der Waals surface area contributed by atoms with Gasteiger partial charge in [-0.15, -0.1) is 0 Å². The minimum Gasteiger partial charge on any atom is -0.392 e. The summed E-state index contributed by atoms with van der Waals surface area (Å²) >= 11 is 0. The van der Waals surface area contributed by atoms with E-state index in [1.807, 2.05) is 6.92 Å². The zero-order chi connectivity index (χ0) is 13.9. The maximum absolute atomic E-state index is 9.66. The highest BCUT2D eigenvalue weighted by Gasteiger charge is 2.28. The third-order valence-electron chi connectivity index (χ3n) is 4.22. The standard InChI is InChI=1S/C17H27NO/c1-4-16(19)12-18-17(2,3)11-13-9-14-7-5-6-8-15(14)10-13/h5-8,13,16,18-19H,4,9-12H2,1-3H3. The molecule has 0 bridgehead atoms. The van der Waals surface area contributed by atoms with E-state index < -0.39 is 0 Å². The average Bonchev–Trinajstić information content (AvgIpc) is 2.77. The molecule has 106 valence electrons. The van der Waals surface area contributed by atoms with E-state index in [0.29, 0.717) is 6.54 Å². The monoisotopic (exact) mass is 261 g/mol. The summed E-state index contributed by atoms with van der Waals surface area (Å²) in [6.45, 7) is 7.22. The van der Waals surface area contributed by atoms with Crippen LogP contribution in [0.1, 0.15) is 44.7 Å². The number of aliphatic hydroxyl groups is 1. The number of hydrogen-bond acceptors (Lipinski definition) is 2. The quantitative estimate of drug-likeness (QED) is 0.825. The van der Waals surface area contributed by atoms with E-state index in [1.54, 1.807) is 0 Å². The molecular weight excluding hydrogens is 234 g/mol. The zero-order valence-electron chi connectivity index (χ0n) is 12.4. The number of nitrogens with one attached hydrogen (secondary N) is 1. The summed E-state index contributed by atoms with van der Waals surface area (Å²) in [4.78, 5) is 0. The van der Waals surface area contributed by atoms with Crippen molar-refractivity contribution in [2.45, 2.75) is 58.1 Å². The number of rotatable bonds is 6. The molecule has 0 radical (unpaired) electrons. The molecule has 1 aliphatic carbocycles. The van der Waals surface area contributed by atoms with Crippen molar-refractivity contribution in [1.29, 1.82) is 0 Å². The Morgan fingerprint density at radius 2 is 1.84 bits per heavy atom. The van der Waals surface area contributed by atoms with Crippen LogP contribution in [-0.4, -0.2) is 23.3 Å². The molecule has 0 aliphatic heterocycles. The third-order valence-corrected chi connectivity index (χ3v) is 4.22. The van der Waals surface area contributed by atoms with Gasteiger partial charge in [-0.25, -0.2) is 0 Å². The van der Waals surface area contributed by atoms with Crippen molar-refractivity contribution in [1.82, 2.24) is 5.32 Å². The van der Waals surface area contributed by atoms with Gasteiger partial charge in [-0.2, -0.15) is 0 Å². The van der Waals surface area contributed by atoms with Gasteiger partial charge in [0.25, 0.3) is 0 Å². The van der Waals surface area contributed by atoms with E-state index in [2.05, 4.69) is 43.4 Å². The summed E-state index contributed by atoms with van der Waals surface area (Å²) in [6, 6.07) is 8.80. The van der Waals surface area contributed by atoms with Gasteiger partial charge in [0.05, 0.1) is 6.10 Å². The van der Waals surface area contributed by atoms with Crippen LogP contribution in [0.15, 0.2) is 24.3 Å². The molecule has 0 fully saturated rings. The molecule has 0 amide bonds. The van der Waals surface area contributed by atoms with Crippen molar-refractivity contribution in [3.63, 3.8) is 0 Å². The highest BCUT2D eigenvalue weighted by molar-refractivity contribution is 5.32. The molecule has 1 aromatic carbocycles. The largest absolute Gasteiger partial charge is 0.392 e. The van der Waals surface area contributed by atoms with Crippen molar-refractivity contribution < 1.29 is 5.11 Å². The molecule has 0 saturated carbocycles. The van der Waals surface area contributed by atoms with Gasteiger partial charge in [0.1, 0.15) is 0 Å². The third kappa shape index (κ3) is 4.05. The summed E-state index contributed by atoms with van der Waals surface area (Å²) in [5.74, 6) is 0.735. The first-order valence-electron chi connectivity index (χ1n) is 7.50. The average molecular weight is 261 g/mol. The first kappa shape index (κ1) is 14.5. The lowest BCUT2D eigenvalue weighted by molar-refractivity contribution is 0.149. The number of β-amino-alcohol motifs (C(OH)–C–C–N with tert-alkyl or cyclic N) is 1. The van der Waals surface area contributed by atoms with Crippen LogP contribution in [0.2, 0.25) is 0 Å². The van der Waals surface area contributed by atoms with Crippen LogP contribution in [0.5, 0.6) is 0 Å². The van der Waals surface area contributed by atoms with Crippen molar-refractivity contribution in [2.24, 2.45) is 5.92 Å². The molecular formula is C17H27NO. The normalized spacial score (nSPS) is 17.5. The molecule has 0 aromatic heterocycles. The van der Waals surface area contributed by atoms with Crippen molar-refractivity contribution in [3.8, 4) is 0 Å². The van der Waals surface area contributed by atoms with Crippen LogP contribution in [0.4, 0.5) is 0 Å². The lowest BCUT2D eigenvalue weighted by atomic mass is 9.88. The van der Waals surface area contributed by atoms with Gasteiger partial charge in [-0.05, 0) is 56.6 Å².